The number of nitrogens with one attached hydrogen (secondary N) is 1. The van der Waals surface area contributed by atoms with Crippen LogP contribution < -0.4 is 5.32 Å². The summed E-state index contributed by atoms with van der Waals surface area (Å²) in [5, 5.41) is 3.57. The van der Waals surface area contributed by atoms with Gasteiger partial charge in [-0.2, -0.15) is 11.8 Å². The van der Waals surface area contributed by atoms with Crippen molar-refractivity contribution in [3.8, 4) is 0 Å². The molecule has 0 radical (unpaired) electrons. The average molecular weight is 243 g/mol. The molecule has 1 unspecified atom stereocenters. The molecule has 1 aliphatic heterocycles. The highest BCUT2D eigenvalue weighted by atomic mass is 32.2. The van der Waals surface area contributed by atoms with E-state index in [2.05, 4.69) is 32.2 Å². The summed E-state index contributed by atoms with van der Waals surface area (Å²) < 4.78 is 5.65. The maximum atomic E-state index is 5.65. The minimum Gasteiger partial charge on any atom is -0.496 e. The van der Waals surface area contributed by atoms with E-state index in [1.807, 2.05) is 11.8 Å². The molecular weight excluding hydrogens is 218 g/mol. The zero-order valence-corrected chi connectivity index (χ0v) is 11.6. The molecule has 94 valence electrons. The lowest BCUT2D eigenvalue weighted by Gasteiger charge is -2.19. The summed E-state index contributed by atoms with van der Waals surface area (Å²) in [6, 6.07) is 0.422. The van der Waals surface area contributed by atoms with E-state index >= 15 is 0 Å². The van der Waals surface area contributed by atoms with Crippen molar-refractivity contribution in [2.45, 2.75) is 39.7 Å². The van der Waals surface area contributed by atoms with Crippen molar-refractivity contribution in [1.82, 2.24) is 5.32 Å². The van der Waals surface area contributed by atoms with Gasteiger partial charge in [0.1, 0.15) is 5.76 Å². The molecule has 3 heteroatoms. The van der Waals surface area contributed by atoms with Crippen molar-refractivity contribution in [1.29, 1.82) is 0 Å². The summed E-state index contributed by atoms with van der Waals surface area (Å²) in [4.78, 5) is 0. The van der Waals surface area contributed by atoms with Crippen LogP contribution in [-0.2, 0) is 4.74 Å². The molecule has 0 amide bonds. The van der Waals surface area contributed by atoms with Gasteiger partial charge in [-0.3, -0.25) is 0 Å². The molecule has 0 bridgehead atoms. The van der Waals surface area contributed by atoms with Crippen LogP contribution in [0.15, 0.2) is 11.8 Å². The minimum absolute atomic E-state index is 0.422. The van der Waals surface area contributed by atoms with Gasteiger partial charge < -0.3 is 10.1 Å². The van der Waals surface area contributed by atoms with Crippen molar-refractivity contribution >= 4 is 11.8 Å². The fourth-order valence-corrected chi connectivity index (χ4v) is 2.79. The van der Waals surface area contributed by atoms with Gasteiger partial charge >= 0.3 is 0 Å². The maximum Gasteiger partial charge on any atom is 0.110 e. The van der Waals surface area contributed by atoms with Crippen molar-refractivity contribution in [3.05, 3.63) is 11.8 Å². The first kappa shape index (κ1) is 13.9. The van der Waals surface area contributed by atoms with Gasteiger partial charge in [0.15, 0.2) is 0 Å². The van der Waals surface area contributed by atoms with Gasteiger partial charge in [-0.15, -0.1) is 0 Å². The van der Waals surface area contributed by atoms with E-state index in [-0.39, 0.29) is 0 Å². The van der Waals surface area contributed by atoms with E-state index < -0.39 is 0 Å². The van der Waals surface area contributed by atoms with Gasteiger partial charge in [0.2, 0.25) is 0 Å². The second-order valence-corrected chi connectivity index (χ2v) is 5.76. The van der Waals surface area contributed by atoms with Gasteiger partial charge in [0.25, 0.3) is 0 Å². The smallest absolute Gasteiger partial charge is 0.110 e. The molecule has 0 fully saturated rings. The Morgan fingerprint density at radius 1 is 1.44 bits per heavy atom. The van der Waals surface area contributed by atoms with Gasteiger partial charge in [-0.05, 0) is 30.7 Å². The van der Waals surface area contributed by atoms with Crippen LogP contribution in [0.25, 0.3) is 0 Å². The van der Waals surface area contributed by atoms with Crippen molar-refractivity contribution in [3.63, 3.8) is 0 Å². The van der Waals surface area contributed by atoms with Crippen LogP contribution in [-0.4, -0.2) is 30.7 Å². The minimum atomic E-state index is 0.422. The molecular formula is C13H25NOS. The third-order valence-corrected chi connectivity index (χ3v) is 3.92. The fraction of sp³-hybridized carbons (Fsp3) is 0.846. The Hall–Kier alpha value is -0.150. The molecule has 2 nitrogen and oxygen atoms in total. The SMILES string of the molecule is CCCNC(CSCC(C)C)C1=CCCO1. The zero-order chi connectivity index (χ0) is 11.8. The molecule has 0 saturated heterocycles. The summed E-state index contributed by atoms with van der Waals surface area (Å²) >= 11 is 2.02. The predicted molar refractivity (Wildman–Crippen MR) is 72.9 cm³/mol. The Morgan fingerprint density at radius 2 is 2.25 bits per heavy atom. The Bertz CT molecular complexity index is 216. The first-order chi connectivity index (χ1) is 7.74. The molecule has 0 aromatic carbocycles. The number of hydrogen-bond acceptors (Lipinski definition) is 3. The summed E-state index contributed by atoms with van der Waals surface area (Å²) in [6.45, 7) is 8.69. The lowest BCUT2D eigenvalue weighted by Crippen LogP contribution is -2.34. The lowest BCUT2D eigenvalue weighted by atomic mass is 10.2. The highest BCUT2D eigenvalue weighted by Crippen LogP contribution is 2.18. The molecule has 0 aromatic heterocycles. The summed E-state index contributed by atoms with van der Waals surface area (Å²) in [5.74, 6) is 4.31. The van der Waals surface area contributed by atoms with Gasteiger partial charge in [-0.1, -0.05) is 20.8 Å². The average Bonchev–Trinajstić information content (AvgIpc) is 2.75. The number of ether oxygens (including phenoxy) is 1. The van der Waals surface area contributed by atoms with Crippen LogP contribution in [0, 0.1) is 5.92 Å². The molecule has 1 heterocycles. The molecule has 1 aliphatic rings. The summed E-state index contributed by atoms with van der Waals surface area (Å²) in [5.41, 5.74) is 0. The first-order valence-corrected chi connectivity index (χ1v) is 7.53. The molecule has 16 heavy (non-hydrogen) atoms. The summed E-state index contributed by atoms with van der Waals surface area (Å²) in [7, 11) is 0. The second kappa shape index (κ2) is 8.02. The molecule has 0 spiro atoms. The Morgan fingerprint density at radius 3 is 2.81 bits per heavy atom. The summed E-state index contributed by atoms with van der Waals surface area (Å²) in [6.07, 6.45) is 4.50. The van der Waals surface area contributed by atoms with Crippen molar-refractivity contribution < 1.29 is 4.74 Å². The predicted octanol–water partition coefficient (Wildman–Crippen LogP) is 3.05. The van der Waals surface area contributed by atoms with Crippen LogP contribution >= 0.6 is 11.8 Å². The fourth-order valence-electron chi connectivity index (χ4n) is 1.66. The van der Waals surface area contributed by atoms with Gasteiger partial charge in [-0.25, -0.2) is 0 Å². The Labute approximate surface area is 104 Å². The van der Waals surface area contributed by atoms with Gasteiger partial charge in [0, 0.05) is 12.2 Å². The molecule has 1 rings (SSSR count). The number of thioether (sulfide) groups is 1. The third kappa shape index (κ3) is 5.26. The topological polar surface area (TPSA) is 21.3 Å². The van der Waals surface area contributed by atoms with Crippen LogP contribution in [0.5, 0.6) is 0 Å². The number of hydrogen-bond donors (Lipinski definition) is 1. The standard InChI is InChI=1S/C13H25NOS/c1-4-7-14-12(10-16-9-11(2)3)13-6-5-8-15-13/h6,11-12,14H,4-5,7-10H2,1-3H3. The maximum absolute atomic E-state index is 5.65. The Kier molecular flexibility index (Phi) is 6.97. The second-order valence-electron chi connectivity index (χ2n) is 4.68. The van der Waals surface area contributed by atoms with E-state index in [4.69, 9.17) is 4.74 Å². The third-order valence-electron chi connectivity index (χ3n) is 2.45. The van der Waals surface area contributed by atoms with E-state index in [0.717, 1.165) is 31.2 Å². The Balaban J connectivity index is 2.31. The molecule has 0 aromatic rings. The highest BCUT2D eigenvalue weighted by Gasteiger charge is 2.18. The monoisotopic (exact) mass is 243 g/mol. The molecule has 0 saturated carbocycles. The van der Waals surface area contributed by atoms with E-state index in [0.29, 0.717) is 6.04 Å². The van der Waals surface area contributed by atoms with Crippen LogP contribution in [0.2, 0.25) is 0 Å². The molecule has 0 aliphatic carbocycles. The van der Waals surface area contributed by atoms with E-state index in [1.54, 1.807) is 0 Å². The van der Waals surface area contributed by atoms with Gasteiger partial charge in [0.05, 0.1) is 12.6 Å². The van der Waals surface area contributed by atoms with Crippen LogP contribution in [0.3, 0.4) is 0 Å². The quantitative estimate of drug-likeness (QED) is 0.708. The molecule has 1 atom stereocenters. The molecule has 1 N–H and O–H groups in total. The van der Waals surface area contributed by atoms with E-state index in [1.165, 1.54) is 17.9 Å². The lowest BCUT2D eigenvalue weighted by molar-refractivity contribution is 0.220. The number of rotatable bonds is 8. The highest BCUT2D eigenvalue weighted by molar-refractivity contribution is 7.99. The van der Waals surface area contributed by atoms with Crippen molar-refractivity contribution in [2.75, 3.05) is 24.7 Å². The first-order valence-electron chi connectivity index (χ1n) is 6.38. The normalized spacial score (nSPS) is 17.4. The van der Waals surface area contributed by atoms with E-state index in [9.17, 15) is 0 Å². The zero-order valence-electron chi connectivity index (χ0n) is 10.8. The van der Waals surface area contributed by atoms with Crippen LogP contribution in [0.1, 0.15) is 33.6 Å². The van der Waals surface area contributed by atoms with Crippen molar-refractivity contribution in [2.24, 2.45) is 5.92 Å². The largest absolute Gasteiger partial charge is 0.496 e. The van der Waals surface area contributed by atoms with Crippen LogP contribution in [0.4, 0.5) is 0 Å².